The lowest BCUT2D eigenvalue weighted by Gasteiger charge is -2.33. The zero-order valence-electron chi connectivity index (χ0n) is 12.3. The molecule has 118 valence electrons. The Balaban J connectivity index is 1.76. The Hall–Kier alpha value is -0.210. The summed E-state index contributed by atoms with van der Waals surface area (Å²) < 4.78 is 33.6. The summed E-state index contributed by atoms with van der Waals surface area (Å²) in [6.07, 6.45) is 4.93. The highest BCUT2D eigenvalue weighted by Crippen LogP contribution is 2.30. The molecule has 0 spiro atoms. The van der Waals surface area contributed by atoms with Crippen molar-refractivity contribution in [3.8, 4) is 0 Å². The summed E-state index contributed by atoms with van der Waals surface area (Å²) in [4.78, 5) is 0. The van der Waals surface area contributed by atoms with Gasteiger partial charge in [0.1, 0.15) is 0 Å². The maximum atomic E-state index is 12.4. The molecule has 0 unspecified atom stereocenters. The van der Waals surface area contributed by atoms with Crippen LogP contribution in [0.2, 0.25) is 0 Å². The standard InChI is InChI=1S/C13H27N3O3S/c1-15(11-12-3-4-12)20(17,18)16-8-5-13(6-9-16)19-10-2-7-14/h12-13H,2-11,14H2,1H3. The van der Waals surface area contributed by atoms with Crippen molar-refractivity contribution in [3.63, 3.8) is 0 Å². The summed E-state index contributed by atoms with van der Waals surface area (Å²) in [6.45, 7) is 3.10. The Morgan fingerprint density at radius 3 is 2.45 bits per heavy atom. The number of ether oxygens (including phenoxy) is 1. The number of rotatable bonds is 8. The molecule has 0 aromatic carbocycles. The zero-order chi connectivity index (χ0) is 14.6. The van der Waals surface area contributed by atoms with Crippen LogP contribution in [0.4, 0.5) is 0 Å². The van der Waals surface area contributed by atoms with Gasteiger partial charge in [-0.3, -0.25) is 0 Å². The highest BCUT2D eigenvalue weighted by molar-refractivity contribution is 7.86. The van der Waals surface area contributed by atoms with Crippen molar-refractivity contribution < 1.29 is 13.2 Å². The van der Waals surface area contributed by atoms with Crippen LogP contribution >= 0.6 is 0 Å². The van der Waals surface area contributed by atoms with Crippen LogP contribution in [0.25, 0.3) is 0 Å². The molecule has 6 nitrogen and oxygen atoms in total. The molecule has 1 aliphatic carbocycles. The lowest BCUT2D eigenvalue weighted by molar-refractivity contribution is 0.0201. The number of nitrogens with zero attached hydrogens (tertiary/aromatic N) is 2. The Morgan fingerprint density at radius 1 is 1.25 bits per heavy atom. The number of piperidine rings is 1. The van der Waals surface area contributed by atoms with E-state index in [9.17, 15) is 8.42 Å². The minimum atomic E-state index is -3.27. The van der Waals surface area contributed by atoms with Crippen LogP contribution < -0.4 is 5.73 Å². The van der Waals surface area contributed by atoms with E-state index < -0.39 is 10.2 Å². The molecule has 0 aromatic heterocycles. The molecule has 0 amide bonds. The largest absolute Gasteiger partial charge is 0.378 e. The van der Waals surface area contributed by atoms with Gasteiger partial charge in [0.25, 0.3) is 10.2 Å². The number of nitrogens with two attached hydrogens (primary N) is 1. The smallest absolute Gasteiger partial charge is 0.281 e. The molecule has 2 rings (SSSR count). The highest BCUT2D eigenvalue weighted by Gasteiger charge is 2.34. The SMILES string of the molecule is CN(CC1CC1)S(=O)(=O)N1CCC(OCCCN)CC1. The topological polar surface area (TPSA) is 75.9 Å². The first-order valence-corrected chi connectivity index (χ1v) is 8.97. The molecule has 1 aliphatic heterocycles. The van der Waals surface area contributed by atoms with Gasteiger partial charge in [-0.1, -0.05) is 0 Å². The first kappa shape index (κ1) is 16.2. The van der Waals surface area contributed by atoms with E-state index in [1.54, 1.807) is 11.4 Å². The second-order valence-electron chi connectivity index (χ2n) is 5.84. The van der Waals surface area contributed by atoms with Gasteiger partial charge in [-0.2, -0.15) is 17.0 Å². The Kier molecular flexibility index (Phi) is 5.80. The van der Waals surface area contributed by atoms with E-state index in [4.69, 9.17) is 10.5 Å². The van der Waals surface area contributed by atoms with Crippen LogP contribution in [-0.2, 0) is 14.9 Å². The van der Waals surface area contributed by atoms with Gasteiger partial charge in [0.2, 0.25) is 0 Å². The monoisotopic (exact) mass is 305 g/mol. The molecule has 20 heavy (non-hydrogen) atoms. The molecular formula is C13H27N3O3S. The maximum Gasteiger partial charge on any atom is 0.281 e. The molecule has 1 saturated heterocycles. The zero-order valence-corrected chi connectivity index (χ0v) is 13.1. The molecule has 0 bridgehead atoms. The van der Waals surface area contributed by atoms with Gasteiger partial charge in [0.05, 0.1) is 6.10 Å². The maximum absolute atomic E-state index is 12.4. The second kappa shape index (κ2) is 7.17. The third-order valence-corrected chi connectivity index (χ3v) is 5.99. The van der Waals surface area contributed by atoms with E-state index in [1.807, 2.05) is 0 Å². The summed E-state index contributed by atoms with van der Waals surface area (Å²) in [5.41, 5.74) is 5.43. The summed E-state index contributed by atoms with van der Waals surface area (Å²) in [7, 11) is -1.58. The van der Waals surface area contributed by atoms with Crippen molar-refractivity contribution in [2.75, 3.05) is 39.8 Å². The summed E-state index contributed by atoms with van der Waals surface area (Å²) in [5.74, 6) is 0.576. The Morgan fingerprint density at radius 2 is 1.90 bits per heavy atom. The first-order chi connectivity index (χ1) is 9.54. The molecule has 1 heterocycles. The van der Waals surface area contributed by atoms with Crippen molar-refractivity contribution >= 4 is 10.2 Å². The molecule has 0 atom stereocenters. The molecule has 2 N–H and O–H groups in total. The van der Waals surface area contributed by atoms with Gasteiger partial charge in [-0.15, -0.1) is 0 Å². The third kappa shape index (κ3) is 4.39. The van der Waals surface area contributed by atoms with Gasteiger partial charge in [-0.05, 0) is 44.6 Å². The molecule has 2 fully saturated rings. The highest BCUT2D eigenvalue weighted by atomic mass is 32.2. The summed E-state index contributed by atoms with van der Waals surface area (Å²) in [5, 5.41) is 0. The lowest BCUT2D eigenvalue weighted by atomic mass is 10.1. The fourth-order valence-electron chi connectivity index (χ4n) is 2.52. The van der Waals surface area contributed by atoms with Gasteiger partial charge in [0.15, 0.2) is 0 Å². The molecule has 1 saturated carbocycles. The van der Waals surface area contributed by atoms with Crippen molar-refractivity contribution in [2.24, 2.45) is 11.7 Å². The average molecular weight is 305 g/mol. The van der Waals surface area contributed by atoms with E-state index in [1.165, 1.54) is 4.31 Å². The van der Waals surface area contributed by atoms with Crippen molar-refractivity contribution in [2.45, 2.75) is 38.2 Å². The minimum Gasteiger partial charge on any atom is -0.378 e. The van der Waals surface area contributed by atoms with Crippen LogP contribution in [-0.4, -0.2) is 63.0 Å². The average Bonchev–Trinajstić information content (AvgIpc) is 3.23. The Bertz CT molecular complexity index is 390. The molecule has 0 radical (unpaired) electrons. The van der Waals surface area contributed by atoms with E-state index >= 15 is 0 Å². The Labute approximate surface area is 122 Å². The van der Waals surface area contributed by atoms with Crippen LogP contribution in [0.5, 0.6) is 0 Å². The van der Waals surface area contributed by atoms with E-state index in [0.29, 0.717) is 38.7 Å². The molecule has 7 heteroatoms. The predicted molar refractivity (Wildman–Crippen MR) is 78.5 cm³/mol. The van der Waals surface area contributed by atoms with Crippen LogP contribution in [0.3, 0.4) is 0 Å². The summed E-state index contributed by atoms with van der Waals surface area (Å²) >= 11 is 0. The van der Waals surface area contributed by atoms with Gasteiger partial charge < -0.3 is 10.5 Å². The van der Waals surface area contributed by atoms with Crippen molar-refractivity contribution in [1.29, 1.82) is 0 Å². The number of hydrogen-bond acceptors (Lipinski definition) is 4. The predicted octanol–water partition coefficient (Wildman–Crippen LogP) is 0.403. The van der Waals surface area contributed by atoms with Gasteiger partial charge in [0, 0.05) is 33.3 Å². The molecular weight excluding hydrogens is 278 g/mol. The van der Waals surface area contributed by atoms with Crippen LogP contribution in [0.1, 0.15) is 32.1 Å². The number of hydrogen-bond donors (Lipinski definition) is 1. The minimum absolute atomic E-state index is 0.182. The molecule has 2 aliphatic rings. The van der Waals surface area contributed by atoms with Gasteiger partial charge >= 0.3 is 0 Å². The second-order valence-corrected chi connectivity index (χ2v) is 7.88. The quantitative estimate of drug-likeness (QED) is 0.659. The fourth-order valence-corrected chi connectivity index (χ4v) is 3.98. The van der Waals surface area contributed by atoms with E-state index in [2.05, 4.69) is 0 Å². The van der Waals surface area contributed by atoms with Crippen molar-refractivity contribution in [3.05, 3.63) is 0 Å². The van der Waals surface area contributed by atoms with Crippen molar-refractivity contribution in [1.82, 2.24) is 8.61 Å². The normalized spacial score (nSPS) is 22.6. The van der Waals surface area contributed by atoms with Crippen LogP contribution in [0, 0.1) is 5.92 Å². The third-order valence-electron chi connectivity index (χ3n) is 4.04. The molecule has 0 aromatic rings. The van der Waals surface area contributed by atoms with E-state index in [-0.39, 0.29) is 6.10 Å². The first-order valence-electron chi connectivity index (χ1n) is 7.57. The summed E-state index contributed by atoms with van der Waals surface area (Å²) in [6, 6.07) is 0. The van der Waals surface area contributed by atoms with Crippen LogP contribution in [0.15, 0.2) is 0 Å². The van der Waals surface area contributed by atoms with Gasteiger partial charge in [-0.25, -0.2) is 0 Å². The lowest BCUT2D eigenvalue weighted by Crippen LogP contribution is -2.47. The fraction of sp³-hybridized carbons (Fsp3) is 1.00. The van der Waals surface area contributed by atoms with E-state index in [0.717, 1.165) is 32.1 Å².